The fourth-order valence-corrected chi connectivity index (χ4v) is 1.88. The van der Waals surface area contributed by atoms with Gasteiger partial charge in [0, 0.05) is 25.3 Å². The molecule has 0 aromatic heterocycles. The smallest absolute Gasteiger partial charge is 0.253 e. The van der Waals surface area contributed by atoms with Crippen LogP contribution in [0.5, 0.6) is 0 Å². The van der Waals surface area contributed by atoms with E-state index in [9.17, 15) is 9.59 Å². The van der Waals surface area contributed by atoms with Crippen molar-refractivity contribution < 1.29 is 9.59 Å². The number of nitrogens with one attached hydrogen (secondary N) is 1. The number of carbonyl (C=O) groups is 2. The molecule has 0 aliphatic rings. The van der Waals surface area contributed by atoms with Crippen molar-refractivity contribution in [2.75, 3.05) is 19.4 Å². The Balaban J connectivity index is 2.95. The predicted molar refractivity (Wildman–Crippen MR) is 85.3 cm³/mol. The van der Waals surface area contributed by atoms with Gasteiger partial charge in [-0.05, 0) is 30.5 Å². The van der Waals surface area contributed by atoms with E-state index in [2.05, 4.69) is 5.32 Å². The second-order valence-electron chi connectivity index (χ2n) is 5.63. The lowest BCUT2D eigenvalue weighted by Gasteiger charge is -2.19. The van der Waals surface area contributed by atoms with E-state index in [4.69, 9.17) is 5.73 Å². The van der Waals surface area contributed by atoms with Crippen LogP contribution in [0.4, 0.5) is 5.69 Å². The molecule has 1 aromatic carbocycles. The van der Waals surface area contributed by atoms with Gasteiger partial charge in [0.15, 0.2) is 0 Å². The SMILES string of the molecule is CC[C@H](C)[C@H](N)C(=O)Nc1cc(C(=O)N(C)C)ccc1C. The molecule has 1 rings (SSSR count). The fourth-order valence-electron chi connectivity index (χ4n) is 1.88. The highest BCUT2D eigenvalue weighted by molar-refractivity contribution is 5.99. The zero-order valence-electron chi connectivity index (χ0n) is 13.4. The normalized spacial score (nSPS) is 13.4. The summed E-state index contributed by atoms with van der Waals surface area (Å²) < 4.78 is 0. The summed E-state index contributed by atoms with van der Waals surface area (Å²) in [7, 11) is 3.39. The average Bonchev–Trinajstić information content (AvgIpc) is 2.46. The van der Waals surface area contributed by atoms with Gasteiger partial charge in [0.2, 0.25) is 5.91 Å². The molecule has 0 aliphatic heterocycles. The quantitative estimate of drug-likeness (QED) is 0.871. The van der Waals surface area contributed by atoms with Gasteiger partial charge in [0.05, 0.1) is 6.04 Å². The number of amides is 2. The minimum Gasteiger partial charge on any atom is -0.345 e. The van der Waals surface area contributed by atoms with Gasteiger partial charge in [-0.25, -0.2) is 0 Å². The largest absolute Gasteiger partial charge is 0.345 e. The van der Waals surface area contributed by atoms with Crippen molar-refractivity contribution in [2.45, 2.75) is 33.2 Å². The van der Waals surface area contributed by atoms with Crippen LogP contribution < -0.4 is 11.1 Å². The van der Waals surface area contributed by atoms with Crippen molar-refractivity contribution >= 4 is 17.5 Å². The second kappa shape index (κ2) is 7.22. The van der Waals surface area contributed by atoms with Crippen LogP contribution in [-0.2, 0) is 4.79 Å². The average molecular weight is 291 g/mol. The molecule has 3 N–H and O–H groups in total. The number of rotatable bonds is 5. The number of hydrogen-bond donors (Lipinski definition) is 2. The van der Waals surface area contributed by atoms with E-state index in [1.165, 1.54) is 4.90 Å². The molecule has 0 fully saturated rings. The van der Waals surface area contributed by atoms with E-state index in [1.807, 2.05) is 26.8 Å². The minimum absolute atomic E-state index is 0.100. The van der Waals surface area contributed by atoms with Crippen LogP contribution in [0.15, 0.2) is 18.2 Å². The van der Waals surface area contributed by atoms with Crippen molar-refractivity contribution in [2.24, 2.45) is 11.7 Å². The molecular formula is C16H25N3O2. The van der Waals surface area contributed by atoms with Gasteiger partial charge in [0.1, 0.15) is 0 Å². The number of nitrogens with two attached hydrogens (primary N) is 1. The lowest BCUT2D eigenvalue weighted by atomic mass is 9.99. The third-order valence-electron chi connectivity index (χ3n) is 3.71. The van der Waals surface area contributed by atoms with Gasteiger partial charge in [-0.1, -0.05) is 26.3 Å². The van der Waals surface area contributed by atoms with Crippen LogP contribution in [0.1, 0.15) is 36.2 Å². The molecule has 0 radical (unpaired) electrons. The van der Waals surface area contributed by atoms with E-state index in [1.54, 1.807) is 26.2 Å². The Kier molecular flexibility index (Phi) is 5.90. The Hall–Kier alpha value is -1.88. The standard InChI is InChI=1S/C16H25N3O2/c1-6-10(2)14(17)15(20)18-13-9-12(8-7-11(13)3)16(21)19(4)5/h7-10,14H,6,17H2,1-5H3,(H,18,20)/t10-,14-/m0/s1. The molecule has 0 aliphatic carbocycles. The number of hydrogen-bond acceptors (Lipinski definition) is 3. The number of carbonyl (C=O) groups excluding carboxylic acids is 2. The maximum atomic E-state index is 12.1. The Morgan fingerprint density at radius 1 is 1.33 bits per heavy atom. The molecule has 2 atom stereocenters. The molecule has 0 saturated heterocycles. The monoisotopic (exact) mass is 291 g/mol. The van der Waals surface area contributed by atoms with Crippen LogP contribution in [0.3, 0.4) is 0 Å². The molecule has 0 saturated carbocycles. The highest BCUT2D eigenvalue weighted by atomic mass is 16.2. The molecule has 0 bridgehead atoms. The topological polar surface area (TPSA) is 75.4 Å². The van der Waals surface area contributed by atoms with Gasteiger partial charge in [-0.3, -0.25) is 9.59 Å². The van der Waals surface area contributed by atoms with Crippen LogP contribution in [0.2, 0.25) is 0 Å². The van der Waals surface area contributed by atoms with Crippen molar-refractivity contribution in [1.82, 2.24) is 4.90 Å². The van der Waals surface area contributed by atoms with Crippen molar-refractivity contribution in [3.8, 4) is 0 Å². The van der Waals surface area contributed by atoms with Gasteiger partial charge in [0.25, 0.3) is 5.91 Å². The van der Waals surface area contributed by atoms with E-state index in [0.717, 1.165) is 12.0 Å². The summed E-state index contributed by atoms with van der Waals surface area (Å²) in [6, 6.07) is 4.71. The van der Waals surface area contributed by atoms with Crippen molar-refractivity contribution in [1.29, 1.82) is 0 Å². The molecule has 2 amide bonds. The summed E-state index contributed by atoms with van der Waals surface area (Å²) >= 11 is 0. The van der Waals surface area contributed by atoms with E-state index >= 15 is 0 Å². The van der Waals surface area contributed by atoms with Crippen LogP contribution >= 0.6 is 0 Å². The molecular weight excluding hydrogens is 266 g/mol. The summed E-state index contributed by atoms with van der Waals surface area (Å²) in [5.74, 6) is -0.212. The molecule has 21 heavy (non-hydrogen) atoms. The zero-order chi connectivity index (χ0) is 16.2. The highest BCUT2D eigenvalue weighted by Crippen LogP contribution is 2.19. The van der Waals surface area contributed by atoms with Crippen molar-refractivity contribution in [3.05, 3.63) is 29.3 Å². The van der Waals surface area contributed by atoms with Gasteiger partial charge in [-0.2, -0.15) is 0 Å². The molecule has 5 heteroatoms. The third-order valence-corrected chi connectivity index (χ3v) is 3.71. The molecule has 1 aromatic rings. The summed E-state index contributed by atoms with van der Waals surface area (Å²) in [6.07, 6.45) is 0.840. The van der Waals surface area contributed by atoms with E-state index < -0.39 is 6.04 Å². The first-order valence-electron chi connectivity index (χ1n) is 7.16. The minimum atomic E-state index is -0.553. The Morgan fingerprint density at radius 3 is 2.48 bits per heavy atom. The molecule has 0 spiro atoms. The Morgan fingerprint density at radius 2 is 1.95 bits per heavy atom. The molecule has 5 nitrogen and oxygen atoms in total. The molecule has 0 unspecified atom stereocenters. The summed E-state index contributed by atoms with van der Waals surface area (Å²) in [6.45, 7) is 5.83. The number of nitrogens with zero attached hydrogens (tertiary/aromatic N) is 1. The molecule has 0 heterocycles. The lowest BCUT2D eigenvalue weighted by Crippen LogP contribution is -2.40. The zero-order valence-corrected chi connectivity index (χ0v) is 13.4. The van der Waals surface area contributed by atoms with E-state index in [-0.39, 0.29) is 17.7 Å². The Bertz CT molecular complexity index is 526. The van der Waals surface area contributed by atoms with Gasteiger partial charge in [-0.15, -0.1) is 0 Å². The van der Waals surface area contributed by atoms with Crippen molar-refractivity contribution in [3.63, 3.8) is 0 Å². The number of aryl methyl sites for hydroxylation is 1. The number of anilines is 1. The van der Waals surface area contributed by atoms with Gasteiger partial charge >= 0.3 is 0 Å². The summed E-state index contributed by atoms with van der Waals surface area (Å²) in [4.78, 5) is 25.6. The van der Waals surface area contributed by atoms with Crippen LogP contribution in [0.25, 0.3) is 0 Å². The maximum absolute atomic E-state index is 12.1. The summed E-state index contributed by atoms with van der Waals surface area (Å²) in [5, 5.41) is 2.82. The van der Waals surface area contributed by atoms with Crippen LogP contribution in [-0.4, -0.2) is 36.9 Å². The maximum Gasteiger partial charge on any atom is 0.253 e. The first-order chi connectivity index (χ1) is 9.77. The predicted octanol–water partition coefficient (Wildman–Crippen LogP) is 2.01. The van der Waals surface area contributed by atoms with E-state index in [0.29, 0.717) is 11.3 Å². The first-order valence-corrected chi connectivity index (χ1v) is 7.16. The fraction of sp³-hybridized carbons (Fsp3) is 0.500. The second-order valence-corrected chi connectivity index (χ2v) is 5.63. The Labute approximate surface area is 126 Å². The third kappa shape index (κ3) is 4.29. The first kappa shape index (κ1) is 17.2. The number of benzene rings is 1. The lowest BCUT2D eigenvalue weighted by molar-refractivity contribution is -0.118. The highest BCUT2D eigenvalue weighted by Gasteiger charge is 2.20. The summed E-state index contributed by atoms with van der Waals surface area (Å²) in [5.41, 5.74) is 8.00. The van der Waals surface area contributed by atoms with Gasteiger partial charge < -0.3 is 16.0 Å². The van der Waals surface area contributed by atoms with Crippen LogP contribution in [0, 0.1) is 12.8 Å². The molecule has 116 valence electrons.